The van der Waals surface area contributed by atoms with E-state index in [2.05, 4.69) is 16.0 Å². The van der Waals surface area contributed by atoms with Crippen LogP contribution in [0.15, 0.2) is 54.6 Å². The molecule has 1 saturated carbocycles. The Hall–Kier alpha value is -2.66. The van der Waals surface area contributed by atoms with Gasteiger partial charge in [0, 0.05) is 25.2 Å². The molecule has 0 saturated heterocycles. The molecule has 1 fully saturated rings. The summed E-state index contributed by atoms with van der Waals surface area (Å²) in [6.07, 6.45) is 2.12. The van der Waals surface area contributed by atoms with Crippen molar-refractivity contribution in [2.45, 2.75) is 38.4 Å². The van der Waals surface area contributed by atoms with E-state index in [1.165, 1.54) is 6.92 Å². The van der Waals surface area contributed by atoms with Gasteiger partial charge in [0.25, 0.3) is 0 Å². The number of carbonyl (C=O) groups excluding carboxylic acids is 2. The lowest BCUT2D eigenvalue weighted by molar-refractivity contribution is -0.123. The van der Waals surface area contributed by atoms with Crippen LogP contribution in [0, 0.1) is 0 Å². The number of carbonyl (C=O) groups is 2. The highest BCUT2D eigenvalue weighted by molar-refractivity contribution is 5.88. The van der Waals surface area contributed by atoms with Gasteiger partial charge in [-0.2, -0.15) is 0 Å². The standard InChI is InChI=1S/C20H23N3O2/c1-14(24)22-18-9-5-6-15(12-18)13-21-19(16-7-3-2-4-8-16)20(25)23-17-10-11-17/h2-9,12,17,19,21H,10-11,13H2,1H3,(H,22,24)(H,23,25)/t19-/m1/s1. The fourth-order valence-corrected chi connectivity index (χ4v) is 2.70. The van der Waals surface area contributed by atoms with Gasteiger partial charge in [0.15, 0.2) is 0 Å². The zero-order valence-corrected chi connectivity index (χ0v) is 14.3. The number of rotatable bonds is 7. The van der Waals surface area contributed by atoms with Gasteiger partial charge in [0.2, 0.25) is 11.8 Å². The van der Waals surface area contributed by atoms with Gasteiger partial charge in [-0.3, -0.25) is 14.9 Å². The zero-order chi connectivity index (χ0) is 17.6. The average molecular weight is 337 g/mol. The maximum Gasteiger partial charge on any atom is 0.241 e. The van der Waals surface area contributed by atoms with Crippen LogP contribution in [0.3, 0.4) is 0 Å². The third-order valence-electron chi connectivity index (χ3n) is 4.08. The average Bonchev–Trinajstić information content (AvgIpc) is 3.40. The highest BCUT2D eigenvalue weighted by atomic mass is 16.2. The second-order valence-electron chi connectivity index (χ2n) is 6.39. The highest BCUT2D eigenvalue weighted by Gasteiger charge is 2.28. The molecule has 0 aromatic heterocycles. The Morgan fingerprint density at radius 2 is 1.84 bits per heavy atom. The van der Waals surface area contributed by atoms with Gasteiger partial charge in [-0.25, -0.2) is 0 Å². The van der Waals surface area contributed by atoms with Crippen molar-refractivity contribution >= 4 is 17.5 Å². The predicted molar refractivity (Wildman–Crippen MR) is 97.9 cm³/mol. The molecule has 2 aromatic rings. The van der Waals surface area contributed by atoms with Crippen LogP contribution >= 0.6 is 0 Å². The second kappa shape index (κ2) is 7.94. The molecular weight excluding hydrogens is 314 g/mol. The molecule has 5 nitrogen and oxygen atoms in total. The fraction of sp³-hybridized carbons (Fsp3) is 0.300. The molecule has 1 atom stereocenters. The quantitative estimate of drug-likeness (QED) is 0.727. The van der Waals surface area contributed by atoms with E-state index in [9.17, 15) is 9.59 Å². The minimum absolute atomic E-state index is 0.00622. The Kier molecular flexibility index (Phi) is 5.46. The normalized spacial score (nSPS) is 14.6. The lowest BCUT2D eigenvalue weighted by Crippen LogP contribution is -2.38. The first-order chi connectivity index (χ1) is 12.1. The fourth-order valence-electron chi connectivity index (χ4n) is 2.70. The van der Waals surface area contributed by atoms with E-state index < -0.39 is 6.04 Å². The van der Waals surface area contributed by atoms with Crippen molar-refractivity contribution in [3.05, 3.63) is 65.7 Å². The number of nitrogens with one attached hydrogen (secondary N) is 3. The van der Waals surface area contributed by atoms with Crippen molar-refractivity contribution in [2.24, 2.45) is 0 Å². The minimum Gasteiger partial charge on any atom is -0.352 e. The first kappa shape index (κ1) is 17.2. The third-order valence-corrected chi connectivity index (χ3v) is 4.08. The zero-order valence-electron chi connectivity index (χ0n) is 14.3. The molecule has 2 aromatic carbocycles. The van der Waals surface area contributed by atoms with Crippen molar-refractivity contribution in [1.82, 2.24) is 10.6 Å². The summed E-state index contributed by atoms with van der Waals surface area (Å²) in [6, 6.07) is 17.3. The van der Waals surface area contributed by atoms with Crippen LogP contribution in [-0.4, -0.2) is 17.9 Å². The Balaban J connectivity index is 1.69. The van der Waals surface area contributed by atoms with Crippen LogP contribution in [0.4, 0.5) is 5.69 Å². The predicted octanol–water partition coefficient (Wildman–Crippen LogP) is 2.75. The summed E-state index contributed by atoms with van der Waals surface area (Å²) < 4.78 is 0. The molecule has 0 aliphatic heterocycles. The second-order valence-corrected chi connectivity index (χ2v) is 6.39. The van der Waals surface area contributed by atoms with Gasteiger partial charge >= 0.3 is 0 Å². The van der Waals surface area contributed by atoms with Gasteiger partial charge in [-0.1, -0.05) is 42.5 Å². The summed E-state index contributed by atoms with van der Waals surface area (Å²) in [5.41, 5.74) is 2.70. The molecule has 25 heavy (non-hydrogen) atoms. The van der Waals surface area contributed by atoms with Crippen LogP contribution in [0.25, 0.3) is 0 Å². The molecule has 0 spiro atoms. The van der Waals surface area contributed by atoms with Crippen molar-refractivity contribution in [1.29, 1.82) is 0 Å². The molecule has 1 aliphatic rings. The molecule has 2 amide bonds. The van der Waals surface area contributed by atoms with E-state index in [0.29, 0.717) is 12.6 Å². The maximum absolute atomic E-state index is 12.6. The largest absolute Gasteiger partial charge is 0.352 e. The van der Waals surface area contributed by atoms with Gasteiger partial charge in [0.1, 0.15) is 6.04 Å². The molecular formula is C20H23N3O2. The molecule has 0 heterocycles. The minimum atomic E-state index is -0.397. The summed E-state index contributed by atoms with van der Waals surface area (Å²) in [7, 11) is 0. The molecule has 3 rings (SSSR count). The van der Waals surface area contributed by atoms with E-state index in [-0.39, 0.29) is 11.8 Å². The van der Waals surface area contributed by atoms with E-state index >= 15 is 0 Å². The van der Waals surface area contributed by atoms with Crippen molar-refractivity contribution < 1.29 is 9.59 Å². The van der Waals surface area contributed by atoms with Crippen LogP contribution in [0.1, 0.15) is 36.9 Å². The lowest BCUT2D eigenvalue weighted by Gasteiger charge is -2.19. The van der Waals surface area contributed by atoms with Crippen LogP contribution < -0.4 is 16.0 Å². The summed E-state index contributed by atoms with van der Waals surface area (Å²) in [4.78, 5) is 23.8. The maximum atomic E-state index is 12.6. The summed E-state index contributed by atoms with van der Waals surface area (Å²) >= 11 is 0. The first-order valence-electron chi connectivity index (χ1n) is 8.57. The number of anilines is 1. The van der Waals surface area contributed by atoms with Gasteiger partial charge < -0.3 is 10.6 Å². The monoisotopic (exact) mass is 337 g/mol. The summed E-state index contributed by atoms with van der Waals surface area (Å²) in [5.74, 6) is -0.0946. The van der Waals surface area contributed by atoms with E-state index in [0.717, 1.165) is 29.7 Å². The smallest absolute Gasteiger partial charge is 0.241 e. The Bertz CT molecular complexity index is 742. The van der Waals surface area contributed by atoms with E-state index in [1.54, 1.807) is 0 Å². The van der Waals surface area contributed by atoms with Gasteiger partial charge in [-0.15, -0.1) is 0 Å². The lowest BCUT2D eigenvalue weighted by atomic mass is 10.1. The molecule has 1 aliphatic carbocycles. The topological polar surface area (TPSA) is 70.2 Å². The molecule has 0 bridgehead atoms. The Labute approximate surface area is 147 Å². The number of amides is 2. The molecule has 3 N–H and O–H groups in total. The van der Waals surface area contributed by atoms with E-state index in [1.807, 2.05) is 54.6 Å². The summed E-state index contributed by atoms with van der Waals surface area (Å²) in [5, 5.41) is 9.18. The van der Waals surface area contributed by atoms with E-state index in [4.69, 9.17) is 0 Å². The van der Waals surface area contributed by atoms with Crippen molar-refractivity contribution in [3.63, 3.8) is 0 Å². The van der Waals surface area contributed by atoms with Crippen LogP contribution in [0.2, 0.25) is 0 Å². The number of hydrogen-bond acceptors (Lipinski definition) is 3. The Morgan fingerprint density at radius 1 is 1.08 bits per heavy atom. The van der Waals surface area contributed by atoms with Crippen LogP contribution in [0.5, 0.6) is 0 Å². The SMILES string of the molecule is CC(=O)Nc1cccc(CN[C@@H](C(=O)NC2CC2)c2ccccc2)c1. The van der Waals surface area contributed by atoms with Gasteiger partial charge in [-0.05, 0) is 36.1 Å². The first-order valence-corrected chi connectivity index (χ1v) is 8.57. The molecule has 130 valence electrons. The molecule has 5 heteroatoms. The summed E-state index contributed by atoms with van der Waals surface area (Å²) in [6.45, 7) is 2.02. The number of hydrogen-bond donors (Lipinski definition) is 3. The third kappa shape index (κ3) is 5.16. The van der Waals surface area contributed by atoms with Crippen molar-refractivity contribution in [2.75, 3.05) is 5.32 Å². The van der Waals surface area contributed by atoms with Crippen LogP contribution in [-0.2, 0) is 16.1 Å². The van der Waals surface area contributed by atoms with Gasteiger partial charge in [0.05, 0.1) is 0 Å². The molecule has 0 unspecified atom stereocenters. The number of benzene rings is 2. The highest BCUT2D eigenvalue weighted by Crippen LogP contribution is 2.21. The molecule has 0 radical (unpaired) electrons. The Morgan fingerprint density at radius 3 is 2.52 bits per heavy atom. The van der Waals surface area contributed by atoms with Crippen molar-refractivity contribution in [3.8, 4) is 0 Å².